The van der Waals surface area contributed by atoms with E-state index in [1.165, 1.54) is 37.0 Å². The molecule has 5 aromatic carbocycles. The molecule has 10 rings (SSSR count). The summed E-state index contributed by atoms with van der Waals surface area (Å²) in [7, 11) is 0. The number of nitrogens with zero attached hydrogens (tertiary/aromatic N) is 5. The predicted octanol–water partition coefficient (Wildman–Crippen LogP) is 9.34. The highest BCUT2D eigenvalue weighted by molar-refractivity contribution is 7.26. The Kier molecular flexibility index (Phi) is 5.15. The van der Waals surface area contributed by atoms with E-state index in [4.69, 9.17) is 15.0 Å². The molecule has 0 N–H and O–H groups in total. The largest absolute Gasteiger partial charge is 0.442 e. The van der Waals surface area contributed by atoms with E-state index in [0.717, 1.165) is 28.2 Å². The number of benzene rings is 5. The zero-order chi connectivity index (χ0) is 29.5. The Bertz CT molecular complexity index is 2380. The van der Waals surface area contributed by atoms with Crippen molar-refractivity contribution in [3.63, 3.8) is 0 Å². The molecule has 0 saturated heterocycles. The van der Waals surface area contributed by atoms with Crippen molar-refractivity contribution >= 4 is 65.8 Å². The van der Waals surface area contributed by atoms with Gasteiger partial charge in [0.05, 0.1) is 11.4 Å². The van der Waals surface area contributed by atoms with Crippen molar-refractivity contribution in [1.29, 1.82) is 0 Å². The van der Waals surface area contributed by atoms with Crippen LogP contribution in [-0.2, 0) is 0 Å². The fourth-order valence-corrected chi connectivity index (χ4v) is 8.19. The van der Waals surface area contributed by atoms with E-state index in [9.17, 15) is 0 Å². The maximum absolute atomic E-state index is 5.16. The first-order chi connectivity index (χ1) is 22.3. The summed E-state index contributed by atoms with van der Waals surface area (Å²) >= 11 is 1.86. The molecule has 0 radical (unpaired) electrons. The average Bonchev–Trinajstić information content (AvgIpc) is 3.66. The van der Waals surface area contributed by atoms with Crippen molar-refractivity contribution in [3.8, 4) is 22.8 Å². The Morgan fingerprint density at radius 3 is 2.11 bits per heavy atom. The molecule has 0 amide bonds. The monoisotopic (exact) mass is 594 g/mol. The van der Waals surface area contributed by atoms with Gasteiger partial charge in [0.2, 0.25) is 11.6 Å². The number of hydrogen-bond acceptors (Lipinski definition) is 5. The van der Waals surface area contributed by atoms with Crippen molar-refractivity contribution in [1.82, 2.24) is 19.5 Å². The number of thiophene rings is 1. The zero-order valence-electron chi connectivity index (χ0n) is 24.0. The molecule has 0 saturated carbocycles. The molecule has 45 heavy (non-hydrogen) atoms. The number of hydrogen-bond donors (Lipinski definition) is 0. The van der Waals surface area contributed by atoms with E-state index in [1.807, 2.05) is 47.7 Å². The van der Waals surface area contributed by atoms with E-state index in [2.05, 4.69) is 113 Å². The van der Waals surface area contributed by atoms with Crippen molar-refractivity contribution in [3.05, 3.63) is 145 Å². The van der Waals surface area contributed by atoms with Gasteiger partial charge < -0.3 is 4.90 Å². The molecule has 7 aromatic rings. The lowest BCUT2D eigenvalue weighted by Crippen LogP contribution is -2.43. The highest BCUT2D eigenvalue weighted by atomic mass is 32.1. The van der Waals surface area contributed by atoms with Crippen LogP contribution in [0.5, 0.6) is 0 Å². The third kappa shape index (κ3) is 3.54. The Balaban J connectivity index is 1.27. The lowest BCUT2D eigenvalue weighted by atomic mass is 9.92. The second-order valence-corrected chi connectivity index (χ2v) is 12.5. The number of rotatable bonds is 3. The third-order valence-corrected chi connectivity index (χ3v) is 10.1. The quantitative estimate of drug-likeness (QED) is 0.191. The number of allylic oxidation sites excluding steroid dienone is 2. The van der Waals surface area contributed by atoms with Crippen LogP contribution in [-0.4, -0.2) is 26.7 Å². The highest BCUT2D eigenvalue weighted by Gasteiger charge is 2.47. The van der Waals surface area contributed by atoms with Gasteiger partial charge in [0, 0.05) is 36.9 Å². The van der Waals surface area contributed by atoms with Gasteiger partial charge in [0.1, 0.15) is 17.4 Å². The third-order valence-electron chi connectivity index (χ3n) is 8.97. The van der Waals surface area contributed by atoms with Gasteiger partial charge in [-0.15, -0.1) is 11.3 Å². The molecule has 6 heteroatoms. The molecule has 1 aliphatic carbocycles. The Hall–Kier alpha value is -5.72. The van der Waals surface area contributed by atoms with Crippen LogP contribution >= 0.6 is 11.3 Å². The topological polar surface area (TPSA) is 44.9 Å². The zero-order valence-corrected chi connectivity index (χ0v) is 24.8. The molecule has 1 unspecified atom stereocenters. The van der Waals surface area contributed by atoms with Crippen LogP contribution in [0.25, 0.3) is 48.5 Å². The van der Waals surface area contributed by atoms with Crippen LogP contribution in [0.2, 0.25) is 0 Å². The van der Waals surface area contributed by atoms with Crippen LogP contribution in [0, 0.1) is 0 Å². The summed E-state index contributed by atoms with van der Waals surface area (Å²) < 4.78 is 4.86. The van der Waals surface area contributed by atoms with E-state index < -0.39 is 0 Å². The minimum atomic E-state index is -0.0127. The molecule has 5 nitrogen and oxygen atoms in total. The summed E-state index contributed by atoms with van der Waals surface area (Å²) in [4.78, 5) is 17.8. The Morgan fingerprint density at radius 2 is 1.33 bits per heavy atom. The molecule has 0 spiro atoms. The summed E-state index contributed by atoms with van der Waals surface area (Å²) in [6.45, 7) is 0. The summed E-state index contributed by atoms with van der Waals surface area (Å²) in [6.07, 6.45) is 6.67. The van der Waals surface area contributed by atoms with Crippen LogP contribution in [0.1, 0.15) is 5.56 Å². The summed E-state index contributed by atoms with van der Waals surface area (Å²) in [5.41, 5.74) is 9.06. The van der Waals surface area contributed by atoms with Gasteiger partial charge in [0.15, 0.2) is 0 Å². The first-order valence-electron chi connectivity index (χ1n) is 15.1. The molecular weight excluding hydrogens is 571 g/mol. The number of aromatic nitrogens is 3. The molecule has 0 fully saturated rings. The van der Waals surface area contributed by atoms with E-state index in [1.54, 1.807) is 0 Å². The van der Waals surface area contributed by atoms with Crippen LogP contribution < -0.4 is 9.48 Å². The molecule has 2 aliphatic heterocycles. The van der Waals surface area contributed by atoms with Crippen LogP contribution in [0.4, 0.5) is 23.0 Å². The lowest BCUT2D eigenvalue weighted by Gasteiger charge is -2.35. The van der Waals surface area contributed by atoms with Crippen molar-refractivity contribution < 1.29 is 0 Å². The SMILES string of the molecule is C1=CC2=[N+](c3nc(-c4ccccc4)nc(-c4ccccc4)n3)c3ccccc3N3c4c(ccc5sc6ccccc6c45)C(=C1)C23. The van der Waals surface area contributed by atoms with Crippen molar-refractivity contribution in [2.75, 3.05) is 4.90 Å². The molecule has 3 aliphatic rings. The van der Waals surface area contributed by atoms with Crippen LogP contribution in [0.3, 0.4) is 0 Å². The highest BCUT2D eigenvalue weighted by Crippen LogP contribution is 2.56. The fourth-order valence-electron chi connectivity index (χ4n) is 7.08. The fraction of sp³-hybridized carbons (Fsp3) is 0.0256. The first-order valence-corrected chi connectivity index (χ1v) is 15.9. The Labute approximate surface area is 263 Å². The van der Waals surface area contributed by atoms with Crippen molar-refractivity contribution in [2.45, 2.75) is 6.04 Å². The van der Waals surface area contributed by atoms with Crippen LogP contribution in [0.15, 0.2) is 140 Å². The average molecular weight is 595 g/mol. The van der Waals surface area contributed by atoms with Gasteiger partial charge in [-0.3, -0.25) is 0 Å². The second kappa shape index (κ2) is 9.39. The van der Waals surface area contributed by atoms with E-state index in [-0.39, 0.29) is 6.04 Å². The summed E-state index contributed by atoms with van der Waals surface area (Å²) in [5, 5.41) is 2.63. The number of para-hydroxylation sites is 2. The van der Waals surface area contributed by atoms with Gasteiger partial charge in [-0.1, -0.05) is 84.9 Å². The number of anilines is 2. The first kappa shape index (κ1) is 24.7. The minimum Gasteiger partial charge on any atom is -0.323 e. The van der Waals surface area contributed by atoms with Gasteiger partial charge >= 0.3 is 5.95 Å². The molecule has 210 valence electrons. The van der Waals surface area contributed by atoms with Gasteiger partial charge in [0.25, 0.3) is 0 Å². The minimum absolute atomic E-state index is 0.0127. The maximum atomic E-state index is 5.16. The standard InChI is InChI=1S/C39H24N5S/c1-3-12-24(13-4-1)37-40-38(25-14-5-2-6-15-25)42-39(41-37)43-29-18-8-9-19-30(29)44-35-26(17-11-20-31(35)43)27-22-23-33-34(36(27)44)28-16-7-10-21-32(28)45-33/h1-23,35H/q+1. The number of fused-ring (bicyclic) bond motifs is 9. The summed E-state index contributed by atoms with van der Waals surface area (Å²) in [6, 6.07) is 42.3. The predicted molar refractivity (Wildman–Crippen MR) is 186 cm³/mol. The molecule has 0 bridgehead atoms. The van der Waals surface area contributed by atoms with Gasteiger partial charge in [-0.25, -0.2) is 0 Å². The smallest absolute Gasteiger partial charge is 0.323 e. The molecule has 1 atom stereocenters. The van der Waals surface area contributed by atoms with Gasteiger partial charge in [-0.2, -0.15) is 9.56 Å². The Morgan fingerprint density at radius 1 is 0.644 bits per heavy atom. The van der Waals surface area contributed by atoms with Crippen molar-refractivity contribution in [2.24, 2.45) is 0 Å². The second-order valence-electron chi connectivity index (χ2n) is 11.5. The molecule has 2 aromatic heterocycles. The summed E-state index contributed by atoms with van der Waals surface area (Å²) in [5.74, 6) is 1.91. The maximum Gasteiger partial charge on any atom is 0.442 e. The normalized spacial score (nSPS) is 16.1. The molecule has 4 heterocycles. The van der Waals surface area contributed by atoms with E-state index in [0.29, 0.717) is 17.6 Å². The van der Waals surface area contributed by atoms with Gasteiger partial charge in [-0.05, 0) is 70.1 Å². The molecular formula is C39H24N5S+. The van der Waals surface area contributed by atoms with E-state index >= 15 is 0 Å². The lowest BCUT2D eigenvalue weighted by molar-refractivity contribution is 0.872.